The number of thioether (sulfide) groups is 1. The van der Waals surface area contributed by atoms with Crippen molar-refractivity contribution in [3.8, 4) is 0 Å². The van der Waals surface area contributed by atoms with E-state index in [1.165, 1.54) is 4.90 Å². The monoisotopic (exact) mass is 278 g/mol. The van der Waals surface area contributed by atoms with Crippen molar-refractivity contribution in [1.82, 2.24) is 4.90 Å². The molecule has 3 nitrogen and oxygen atoms in total. The molecule has 1 heterocycles. The standard InChI is InChI=1S/C15H22N2OS/c1-12(11-19-14-7-3-2-4-8-14)15(18)17-9-5-6-13(16)10-17/h2-4,7-8,12-13H,5-6,9-11,16H2,1H3. The van der Waals surface area contributed by atoms with Gasteiger partial charge in [0.25, 0.3) is 0 Å². The maximum absolute atomic E-state index is 12.3. The van der Waals surface area contributed by atoms with E-state index >= 15 is 0 Å². The van der Waals surface area contributed by atoms with Gasteiger partial charge in [-0.05, 0) is 25.0 Å². The van der Waals surface area contributed by atoms with Gasteiger partial charge < -0.3 is 10.6 Å². The summed E-state index contributed by atoms with van der Waals surface area (Å²) in [4.78, 5) is 15.5. The lowest BCUT2D eigenvalue weighted by Gasteiger charge is -2.32. The molecule has 0 aromatic heterocycles. The number of nitrogens with two attached hydrogens (primary N) is 1. The maximum Gasteiger partial charge on any atom is 0.226 e. The molecule has 1 fully saturated rings. The number of likely N-dealkylation sites (tertiary alicyclic amines) is 1. The molecule has 0 bridgehead atoms. The Morgan fingerprint density at radius 2 is 2.21 bits per heavy atom. The van der Waals surface area contributed by atoms with Crippen LogP contribution in [0.2, 0.25) is 0 Å². The van der Waals surface area contributed by atoms with Gasteiger partial charge in [0, 0.05) is 35.7 Å². The molecule has 19 heavy (non-hydrogen) atoms. The summed E-state index contributed by atoms with van der Waals surface area (Å²) in [6.07, 6.45) is 2.07. The summed E-state index contributed by atoms with van der Waals surface area (Å²) < 4.78 is 0. The van der Waals surface area contributed by atoms with Gasteiger partial charge in [-0.1, -0.05) is 25.1 Å². The van der Waals surface area contributed by atoms with E-state index in [9.17, 15) is 4.79 Å². The Balaban J connectivity index is 1.82. The van der Waals surface area contributed by atoms with Gasteiger partial charge in [0.2, 0.25) is 5.91 Å². The molecule has 2 N–H and O–H groups in total. The molecule has 1 aliphatic heterocycles. The first-order valence-corrected chi connectivity index (χ1v) is 7.87. The predicted octanol–water partition coefficient (Wildman–Crippen LogP) is 2.36. The number of nitrogens with zero attached hydrogens (tertiary/aromatic N) is 1. The van der Waals surface area contributed by atoms with E-state index in [4.69, 9.17) is 5.73 Å². The largest absolute Gasteiger partial charge is 0.341 e. The van der Waals surface area contributed by atoms with Gasteiger partial charge in [0.15, 0.2) is 0 Å². The molecule has 1 aromatic carbocycles. The highest BCUT2D eigenvalue weighted by atomic mass is 32.2. The summed E-state index contributed by atoms with van der Waals surface area (Å²) in [6, 6.07) is 10.4. The molecule has 1 aromatic rings. The number of hydrogen-bond acceptors (Lipinski definition) is 3. The second-order valence-electron chi connectivity index (χ2n) is 5.21. The third kappa shape index (κ3) is 4.25. The quantitative estimate of drug-likeness (QED) is 0.860. The minimum atomic E-state index is 0.0514. The zero-order chi connectivity index (χ0) is 13.7. The molecule has 1 amide bonds. The molecular weight excluding hydrogens is 256 g/mol. The van der Waals surface area contributed by atoms with Crippen molar-refractivity contribution in [2.75, 3.05) is 18.8 Å². The zero-order valence-corrected chi connectivity index (χ0v) is 12.2. The van der Waals surface area contributed by atoms with Crippen LogP contribution in [0.15, 0.2) is 35.2 Å². The fourth-order valence-corrected chi connectivity index (χ4v) is 3.27. The number of rotatable bonds is 4. The number of carbonyl (C=O) groups is 1. The fraction of sp³-hybridized carbons (Fsp3) is 0.533. The van der Waals surface area contributed by atoms with Crippen LogP contribution in [0, 0.1) is 5.92 Å². The van der Waals surface area contributed by atoms with E-state index in [1.54, 1.807) is 11.8 Å². The third-order valence-corrected chi connectivity index (χ3v) is 4.71. The van der Waals surface area contributed by atoms with E-state index in [0.717, 1.165) is 31.7 Å². The number of benzene rings is 1. The van der Waals surface area contributed by atoms with Crippen LogP contribution in [0.5, 0.6) is 0 Å². The first-order valence-electron chi connectivity index (χ1n) is 6.89. The van der Waals surface area contributed by atoms with Gasteiger partial charge in [-0.3, -0.25) is 4.79 Å². The number of piperidine rings is 1. The Morgan fingerprint density at radius 3 is 2.89 bits per heavy atom. The van der Waals surface area contributed by atoms with Crippen molar-refractivity contribution in [1.29, 1.82) is 0 Å². The first kappa shape index (κ1) is 14.4. The van der Waals surface area contributed by atoms with Crippen LogP contribution in [-0.2, 0) is 4.79 Å². The molecule has 0 saturated carbocycles. The van der Waals surface area contributed by atoms with Crippen LogP contribution in [0.4, 0.5) is 0 Å². The second-order valence-corrected chi connectivity index (χ2v) is 6.31. The molecule has 1 aliphatic rings. The van der Waals surface area contributed by atoms with Gasteiger partial charge in [-0.15, -0.1) is 11.8 Å². The van der Waals surface area contributed by atoms with Crippen LogP contribution >= 0.6 is 11.8 Å². The second kappa shape index (κ2) is 6.96. The predicted molar refractivity (Wildman–Crippen MR) is 80.1 cm³/mol. The normalized spacial score (nSPS) is 21.2. The molecule has 1 saturated heterocycles. The molecule has 104 valence electrons. The highest BCUT2D eigenvalue weighted by Crippen LogP contribution is 2.22. The molecule has 0 spiro atoms. The third-order valence-electron chi connectivity index (χ3n) is 3.43. The Morgan fingerprint density at radius 1 is 1.47 bits per heavy atom. The molecule has 2 atom stereocenters. The average Bonchev–Trinajstić information content (AvgIpc) is 2.45. The van der Waals surface area contributed by atoms with Crippen LogP contribution in [-0.4, -0.2) is 35.7 Å². The molecule has 0 aliphatic carbocycles. The number of amides is 1. The summed E-state index contributed by atoms with van der Waals surface area (Å²) in [5, 5.41) is 0. The molecule has 0 radical (unpaired) electrons. The zero-order valence-electron chi connectivity index (χ0n) is 11.4. The van der Waals surface area contributed by atoms with E-state index in [0.29, 0.717) is 0 Å². The van der Waals surface area contributed by atoms with Crippen LogP contribution in [0.1, 0.15) is 19.8 Å². The van der Waals surface area contributed by atoms with Crippen LogP contribution < -0.4 is 5.73 Å². The van der Waals surface area contributed by atoms with Gasteiger partial charge in [-0.2, -0.15) is 0 Å². The summed E-state index contributed by atoms with van der Waals surface area (Å²) >= 11 is 1.74. The van der Waals surface area contributed by atoms with Crippen LogP contribution in [0.25, 0.3) is 0 Å². The van der Waals surface area contributed by atoms with Gasteiger partial charge in [0.05, 0.1) is 0 Å². The Hall–Kier alpha value is -1.00. The number of hydrogen-bond donors (Lipinski definition) is 1. The van der Waals surface area contributed by atoms with Crippen molar-refractivity contribution < 1.29 is 4.79 Å². The molecule has 2 rings (SSSR count). The maximum atomic E-state index is 12.3. The van der Waals surface area contributed by atoms with E-state index in [-0.39, 0.29) is 17.9 Å². The number of carbonyl (C=O) groups excluding carboxylic acids is 1. The summed E-state index contributed by atoms with van der Waals surface area (Å²) in [5.74, 6) is 1.13. The minimum Gasteiger partial charge on any atom is -0.341 e. The first-order chi connectivity index (χ1) is 9.16. The van der Waals surface area contributed by atoms with Crippen molar-refractivity contribution >= 4 is 17.7 Å². The van der Waals surface area contributed by atoms with Crippen molar-refractivity contribution in [2.45, 2.75) is 30.7 Å². The smallest absolute Gasteiger partial charge is 0.226 e. The van der Waals surface area contributed by atoms with Crippen molar-refractivity contribution in [2.24, 2.45) is 11.7 Å². The van der Waals surface area contributed by atoms with E-state index in [1.807, 2.05) is 30.0 Å². The summed E-state index contributed by atoms with van der Waals surface area (Å²) in [7, 11) is 0. The van der Waals surface area contributed by atoms with Crippen molar-refractivity contribution in [3.63, 3.8) is 0 Å². The van der Waals surface area contributed by atoms with E-state index in [2.05, 4.69) is 12.1 Å². The molecular formula is C15H22N2OS. The van der Waals surface area contributed by atoms with Crippen LogP contribution in [0.3, 0.4) is 0 Å². The lowest BCUT2D eigenvalue weighted by atomic mass is 10.0. The Labute approximate surface area is 119 Å². The lowest BCUT2D eigenvalue weighted by molar-refractivity contribution is -0.135. The highest BCUT2D eigenvalue weighted by Gasteiger charge is 2.25. The topological polar surface area (TPSA) is 46.3 Å². The van der Waals surface area contributed by atoms with Gasteiger partial charge in [-0.25, -0.2) is 0 Å². The summed E-state index contributed by atoms with van der Waals surface area (Å²) in [5.41, 5.74) is 5.93. The Kier molecular flexibility index (Phi) is 5.28. The minimum absolute atomic E-state index is 0.0514. The highest BCUT2D eigenvalue weighted by molar-refractivity contribution is 7.99. The summed E-state index contributed by atoms with van der Waals surface area (Å²) in [6.45, 7) is 3.60. The molecule has 2 unspecified atom stereocenters. The van der Waals surface area contributed by atoms with Gasteiger partial charge >= 0.3 is 0 Å². The van der Waals surface area contributed by atoms with Gasteiger partial charge in [0.1, 0.15) is 0 Å². The fourth-order valence-electron chi connectivity index (χ4n) is 2.33. The molecule has 4 heteroatoms. The van der Waals surface area contributed by atoms with E-state index < -0.39 is 0 Å². The SMILES string of the molecule is CC(CSc1ccccc1)C(=O)N1CCCC(N)C1. The van der Waals surface area contributed by atoms with Crippen molar-refractivity contribution in [3.05, 3.63) is 30.3 Å². The Bertz CT molecular complexity index is 410. The average molecular weight is 278 g/mol. The lowest BCUT2D eigenvalue weighted by Crippen LogP contribution is -2.47.